The Balaban J connectivity index is 1.64. The highest BCUT2D eigenvalue weighted by Gasteiger charge is 2.23. The second-order valence-electron chi connectivity index (χ2n) is 5.56. The van der Waals surface area contributed by atoms with Gasteiger partial charge in [0.1, 0.15) is 10.8 Å². The van der Waals surface area contributed by atoms with Crippen molar-refractivity contribution in [2.75, 3.05) is 7.11 Å². The predicted molar refractivity (Wildman–Crippen MR) is 81.4 cm³/mol. The molecule has 104 valence electrons. The van der Waals surface area contributed by atoms with Crippen molar-refractivity contribution in [3.05, 3.63) is 33.6 Å². The number of methoxy groups -OCH3 is 1. The SMILES string of the molecule is COc1ccc2c(c1)CCc1sc(CNC3CC3)nc1-2. The fourth-order valence-electron chi connectivity index (χ4n) is 2.76. The third-order valence-corrected chi connectivity index (χ3v) is 5.17. The summed E-state index contributed by atoms with van der Waals surface area (Å²) in [4.78, 5) is 6.30. The number of aromatic nitrogens is 1. The van der Waals surface area contributed by atoms with E-state index in [2.05, 4.69) is 17.4 Å². The number of ether oxygens (including phenoxy) is 1. The molecule has 0 atom stereocenters. The zero-order valence-corrected chi connectivity index (χ0v) is 12.4. The summed E-state index contributed by atoms with van der Waals surface area (Å²) >= 11 is 1.87. The summed E-state index contributed by atoms with van der Waals surface area (Å²) in [6.45, 7) is 0.924. The van der Waals surface area contributed by atoms with Gasteiger partial charge >= 0.3 is 0 Å². The Morgan fingerprint density at radius 2 is 2.25 bits per heavy atom. The van der Waals surface area contributed by atoms with E-state index in [9.17, 15) is 0 Å². The van der Waals surface area contributed by atoms with E-state index in [0.29, 0.717) is 0 Å². The van der Waals surface area contributed by atoms with Crippen LogP contribution in [0, 0.1) is 0 Å². The molecule has 2 aliphatic rings. The molecule has 0 unspecified atom stereocenters. The largest absolute Gasteiger partial charge is 0.497 e. The van der Waals surface area contributed by atoms with Gasteiger partial charge in [0, 0.05) is 23.0 Å². The van der Waals surface area contributed by atoms with E-state index in [-0.39, 0.29) is 0 Å². The highest BCUT2D eigenvalue weighted by Crippen LogP contribution is 2.37. The van der Waals surface area contributed by atoms with Crippen molar-refractivity contribution in [2.24, 2.45) is 0 Å². The molecule has 3 nitrogen and oxygen atoms in total. The smallest absolute Gasteiger partial charge is 0.119 e. The number of hydrogen-bond acceptors (Lipinski definition) is 4. The van der Waals surface area contributed by atoms with Gasteiger partial charge in [-0.2, -0.15) is 0 Å². The Morgan fingerprint density at radius 1 is 1.35 bits per heavy atom. The van der Waals surface area contributed by atoms with Crippen LogP contribution >= 0.6 is 11.3 Å². The number of benzene rings is 1. The molecule has 0 bridgehead atoms. The van der Waals surface area contributed by atoms with Gasteiger partial charge in [0.25, 0.3) is 0 Å². The number of aryl methyl sites for hydroxylation is 2. The number of hydrogen-bond donors (Lipinski definition) is 1. The number of fused-ring (bicyclic) bond motifs is 3. The molecule has 1 heterocycles. The molecule has 0 spiro atoms. The highest BCUT2D eigenvalue weighted by molar-refractivity contribution is 7.12. The summed E-state index contributed by atoms with van der Waals surface area (Å²) in [7, 11) is 1.72. The second kappa shape index (κ2) is 4.86. The monoisotopic (exact) mass is 286 g/mol. The minimum Gasteiger partial charge on any atom is -0.497 e. The van der Waals surface area contributed by atoms with Crippen molar-refractivity contribution in [2.45, 2.75) is 38.3 Å². The van der Waals surface area contributed by atoms with Gasteiger partial charge in [-0.05, 0) is 49.4 Å². The van der Waals surface area contributed by atoms with Crippen molar-refractivity contribution in [1.29, 1.82) is 0 Å². The number of rotatable bonds is 4. The van der Waals surface area contributed by atoms with E-state index in [1.165, 1.54) is 39.5 Å². The van der Waals surface area contributed by atoms with Crippen LogP contribution < -0.4 is 10.1 Å². The molecule has 2 aliphatic carbocycles. The van der Waals surface area contributed by atoms with Crippen LogP contribution in [0.15, 0.2) is 18.2 Å². The van der Waals surface area contributed by atoms with E-state index in [4.69, 9.17) is 9.72 Å². The van der Waals surface area contributed by atoms with Crippen molar-refractivity contribution in [3.63, 3.8) is 0 Å². The average molecular weight is 286 g/mol. The van der Waals surface area contributed by atoms with Crippen LogP contribution in [0.5, 0.6) is 5.75 Å². The molecule has 1 fully saturated rings. The van der Waals surface area contributed by atoms with Crippen molar-refractivity contribution in [3.8, 4) is 17.0 Å². The lowest BCUT2D eigenvalue weighted by Gasteiger charge is -2.15. The Hall–Kier alpha value is -1.39. The van der Waals surface area contributed by atoms with E-state index in [1.807, 2.05) is 17.4 Å². The maximum absolute atomic E-state index is 5.32. The fourth-order valence-corrected chi connectivity index (χ4v) is 3.79. The van der Waals surface area contributed by atoms with Gasteiger partial charge in [0.05, 0.1) is 12.8 Å². The van der Waals surface area contributed by atoms with Crippen LogP contribution in [0.3, 0.4) is 0 Å². The van der Waals surface area contributed by atoms with Crippen LogP contribution in [0.2, 0.25) is 0 Å². The molecule has 4 heteroatoms. The maximum atomic E-state index is 5.32. The maximum Gasteiger partial charge on any atom is 0.119 e. The van der Waals surface area contributed by atoms with Crippen molar-refractivity contribution >= 4 is 11.3 Å². The van der Waals surface area contributed by atoms with Gasteiger partial charge in [-0.3, -0.25) is 0 Å². The standard InChI is InChI=1S/C16H18N2OS/c1-19-12-5-6-13-10(8-12)2-7-14-16(13)18-15(20-14)9-17-11-3-4-11/h5-6,8,11,17H,2-4,7,9H2,1H3. The highest BCUT2D eigenvalue weighted by atomic mass is 32.1. The molecule has 1 aromatic heterocycles. The summed E-state index contributed by atoms with van der Waals surface area (Å²) in [6, 6.07) is 7.09. The third-order valence-electron chi connectivity index (χ3n) is 4.05. The molecular formula is C16H18N2OS. The topological polar surface area (TPSA) is 34.1 Å². The zero-order chi connectivity index (χ0) is 13.5. The third kappa shape index (κ3) is 2.23. The predicted octanol–water partition coefficient (Wildman–Crippen LogP) is 3.17. The Morgan fingerprint density at radius 3 is 3.05 bits per heavy atom. The molecule has 1 aromatic carbocycles. The summed E-state index contributed by atoms with van der Waals surface area (Å²) in [5.41, 5.74) is 3.86. The molecular weight excluding hydrogens is 268 g/mol. The Labute approximate surface area is 123 Å². The van der Waals surface area contributed by atoms with Gasteiger partial charge in [-0.1, -0.05) is 0 Å². The van der Waals surface area contributed by atoms with Gasteiger partial charge in [-0.25, -0.2) is 4.98 Å². The van der Waals surface area contributed by atoms with Gasteiger partial charge < -0.3 is 10.1 Å². The van der Waals surface area contributed by atoms with Gasteiger partial charge in [0.15, 0.2) is 0 Å². The van der Waals surface area contributed by atoms with E-state index < -0.39 is 0 Å². The average Bonchev–Trinajstić information content (AvgIpc) is 3.22. The zero-order valence-electron chi connectivity index (χ0n) is 11.6. The first-order valence-corrected chi connectivity index (χ1v) is 8.04. The minimum absolute atomic E-state index is 0.743. The van der Waals surface area contributed by atoms with E-state index in [1.54, 1.807) is 7.11 Å². The van der Waals surface area contributed by atoms with Crippen LogP contribution in [0.1, 0.15) is 28.3 Å². The number of thiazole rings is 1. The quantitative estimate of drug-likeness (QED) is 0.937. The second-order valence-corrected chi connectivity index (χ2v) is 6.73. The summed E-state index contributed by atoms with van der Waals surface area (Å²) in [6.07, 6.45) is 4.86. The van der Waals surface area contributed by atoms with Crippen molar-refractivity contribution < 1.29 is 4.74 Å². The first-order chi connectivity index (χ1) is 9.83. The number of nitrogens with zero attached hydrogens (tertiary/aromatic N) is 1. The van der Waals surface area contributed by atoms with Crippen LogP contribution in [0.25, 0.3) is 11.3 Å². The van der Waals surface area contributed by atoms with Crippen LogP contribution in [0.4, 0.5) is 0 Å². The minimum atomic E-state index is 0.743. The molecule has 4 rings (SSSR count). The van der Waals surface area contributed by atoms with Gasteiger partial charge in [0.2, 0.25) is 0 Å². The molecule has 1 saturated carbocycles. The molecule has 2 aromatic rings. The normalized spacial score (nSPS) is 16.6. The first-order valence-electron chi connectivity index (χ1n) is 7.23. The molecule has 0 radical (unpaired) electrons. The molecule has 0 saturated heterocycles. The molecule has 0 amide bonds. The lowest BCUT2D eigenvalue weighted by atomic mass is 9.93. The van der Waals surface area contributed by atoms with E-state index in [0.717, 1.165) is 31.2 Å². The van der Waals surface area contributed by atoms with Crippen molar-refractivity contribution in [1.82, 2.24) is 10.3 Å². The lowest BCUT2D eigenvalue weighted by molar-refractivity contribution is 0.414. The molecule has 20 heavy (non-hydrogen) atoms. The van der Waals surface area contributed by atoms with E-state index >= 15 is 0 Å². The van der Waals surface area contributed by atoms with Crippen LogP contribution in [-0.2, 0) is 19.4 Å². The summed E-state index contributed by atoms with van der Waals surface area (Å²) in [5.74, 6) is 0.943. The van der Waals surface area contributed by atoms with Crippen LogP contribution in [-0.4, -0.2) is 18.1 Å². The fraction of sp³-hybridized carbons (Fsp3) is 0.438. The Kier molecular flexibility index (Phi) is 3.00. The lowest BCUT2D eigenvalue weighted by Crippen LogP contribution is -2.14. The van der Waals surface area contributed by atoms with Gasteiger partial charge in [-0.15, -0.1) is 11.3 Å². The summed E-state index contributed by atoms with van der Waals surface area (Å²) < 4.78 is 5.32. The summed E-state index contributed by atoms with van der Waals surface area (Å²) in [5, 5.41) is 4.78. The Bertz CT molecular complexity index is 646. The number of nitrogens with one attached hydrogen (secondary N) is 1. The molecule has 1 N–H and O–H groups in total. The first kappa shape index (κ1) is 12.4. The molecule has 0 aliphatic heterocycles.